The van der Waals surface area contributed by atoms with Crippen molar-refractivity contribution >= 4 is 0 Å². The molecule has 2 rings (SSSR count). The van der Waals surface area contributed by atoms with Crippen LogP contribution in [-0.2, 0) is 0 Å². The van der Waals surface area contributed by atoms with Gasteiger partial charge in [0.25, 0.3) is 0 Å². The van der Waals surface area contributed by atoms with E-state index in [1.54, 1.807) is 51.4 Å². The van der Waals surface area contributed by atoms with Gasteiger partial charge >= 0.3 is 113 Å². The van der Waals surface area contributed by atoms with Crippen molar-refractivity contribution in [2.24, 2.45) is 11.8 Å². The molecular formula is C15H28I-. The summed E-state index contributed by atoms with van der Waals surface area (Å²) in [6, 6.07) is 0. The summed E-state index contributed by atoms with van der Waals surface area (Å²) in [6.07, 6.45) is 14.1. The zero-order chi connectivity index (χ0) is 11.4. The third kappa shape index (κ3) is 3.89. The number of hydrogen-bond acceptors (Lipinski definition) is 0. The Bertz CT molecular complexity index is 186. The molecule has 16 heavy (non-hydrogen) atoms. The summed E-state index contributed by atoms with van der Waals surface area (Å²) in [5.41, 5.74) is 0. The first-order valence-electron chi connectivity index (χ1n) is 7.37. The van der Waals surface area contributed by atoms with Crippen molar-refractivity contribution < 1.29 is 21.2 Å². The van der Waals surface area contributed by atoms with E-state index in [0.717, 1.165) is 11.8 Å². The van der Waals surface area contributed by atoms with E-state index in [9.17, 15) is 0 Å². The van der Waals surface area contributed by atoms with Gasteiger partial charge in [-0.1, -0.05) is 0 Å². The molecule has 0 aliphatic heterocycles. The minimum atomic E-state index is 0.543. The van der Waals surface area contributed by atoms with Gasteiger partial charge in [0.05, 0.1) is 0 Å². The molecule has 0 spiro atoms. The maximum absolute atomic E-state index is 2.42. The fourth-order valence-corrected chi connectivity index (χ4v) is 7.78. The van der Waals surface area contributed by atoms with Gasteiger partial charge in [0, 0.05) is 0 Å². The Morgan fingerprint density at radius 1 is 0.750 bits per heavy atom. The SMILES string of the molecule is CC(C)C1CCC([I-]C2CCCCC2)CC1. The molecule has 0 amide bonds. The van der Waals surface area contributed by atoms with Crippen LogP contribution in [0.2, 0.25) is 0 Å². The van der Waals surface area contributed by atoms with Crippen LogP contribution in [0.5, 0.6) is 0 Å². The zero-order valence-corrected chi connectivity index (χ0v) is 13.2. The van der Waals surface area contributed by atoms with Crippen LogP contribution in [0.25, 0.3) is 0 Å². The van der Waals surface area contributed by atoms with Crippen molar-refractivity contribution in [3.63, 3.8) is 0 Å². The number of rotatable bonds is 3. The Balaban J connectivity index is 1.68. The Hall–Kier alpha value is 0.730. The third-order valence-electron chi connectivity index (χ3n) is 4.54. The maximum atomic E-state index is 2.42. The van der Waals surface area contributed by atoms with Crippen LogP contribution in [0.4, 0.5) is 0 Å². The van der Waals surface area contributed by atoms with Crippen LogP contribution in [0.1, 0.15) is 71.6 Å². The summed E-state index contributed by atoms with van der Waals surface area (Å²) < 4.78 is 2.42. The van der Waals surface area contributed by atoms with E-state index in [2.05, 4.69) is 13.8 Å². The van der Waals surface area contributed by atoms with E-state index < -0.39 is 0 Å². The third-order valence-corrected chi connectivity index (χ3v) is 9.06. The molecule has 0 saturated heterocycles. The Morgan fingerprint density at radius 2 is 1.31 bits per heavy atom. The molecular weight excluding hydrogens is 307 g/mol. The zero-order valence-electron chi connectivity index (χ0n) is 11.1. The molecule has 0 aromatic carbocycles. The fourth-order valence-electron chi connectivity index (χ4n) is 3.30. The van der Waals surface area contributed by atoms with E-state index >= 15 is 0 Å². The monoisotopic (exact) mass is 335 g/mol. The van der Waals surface area contributed by atoms with Crippen molar-refractivity contribution in [3.8, 4) is 0 Å². The van der Waals surface area contributed by atoms with Gasteiger partial charge in [-0.05, 0) is 0 Å². The van der Waals surface area contributed by atoms with E-state index in [4.69, 9.17) is 0 Å². The van der Waals surface area contributed by atoms with Crippen LogP contribution in [0.15, 0.2) is 0 Å². The summed E-state index contributed by atoms with van der Waals surface area (Å²) in [7, 11) is 0. The Kier molecular flexibility index (Phi) is 5.44. The van der Waals surface area contributed by atoms with Crippen molar-refractivity contribution in [1.29, 1.82) is 0 Å². The van der Waals surface area contributed by atoms with Crippen LogP contribution in [0, 0.1) is 11.8 Å². The molecule has 0 aromatic heterocycles. The summed E-state index contributed by atoms with van der Waals surface area (Å²) >= 11 is 0.543. The first-order chi connectivity index (χ1) is 7.75. The number of hydrogen-bond donors (Lipinski definition) is 0. The van der Waals surface area contributed by atoms with Crippen LogP contribution in [-0.4, -0.2) is 7.85 Å². The quantitative estimate of drug-likeness (QED) is 0.543. The van der Waals surface area contributed by atoms with E-state index in [1.165, 1.54) is 14.3 Å². The van der Waals surface area contributed by atoms with E-state index in [1.807, 2.05) is 0 Å². The molecule has 0 nitrogen and oxygen atoms in total. The molecule has 0 aromatic rings. The second-order valence-electron chi connectivity index (χ2n) is 6.12. The first-order valence-corrected chi connectivity index (χ1v) is 9.87. The van der Waals surface area contributed by atoms with Crippen molar-refractivity contribution in [2.45, 2.75) is 79.5 Å². The molecule has 0 unspecified atom stereocenters. The van der Waals surface area contributed by atoms with Gasteiger partial charge in [0.1, 0.15) is 0 Å². The van der Waals surface area contributed by atoms with Gasteiger partial charge in [-0.25, -0.2) is 0 Å². The number of halogens is 1. The van der Waals surface area contributed by atoms with Crippen LogP contribution < -0.4 is 21.2 Å². The fraction of sp³-hybridized carbons (Fsp3) is 1.00. The van der Waals surface area contributed by atoms with Crippen molar-refractivity contribution in [2.75, 3.05) is 0 Å². The Morgan fingerprint density at radius 3 is 1.88 bits per heavy atom. The topological polar surface area (TPSA) is 0 Å². The molecule has 96 valence electrons. The molecule has 0 atom stereocenters. The van der Waals surface area contributed by atoms with Gasteiger partial charge in [0.2, 0.25) is 0 Å². The molecule has 2 aliphatic carbocycles. The van der Waals surface area contributed by atoms with Gasteiger partial charge in [-0.2, -0.15) is 0 Å². The predicted molar refractivity (Wildman–Crippen MR) is 67.5 cm³/mol. The summed E-state index contributed by atoms with van der Waals surface area (Å²) in [5.74, 6) is 2.00. The summed E-state index contributed by atoms with van der Waals surface area (Å²) in [5, 5.41) is 0. The van der Waals surface area contributed by atoms with Gasteiger partial charge in [0.15, 0.2) is 0 Å². The second kappa shape index (κ2) is 6.61. The average Bonchev–Trinajstić information content (AvgIpc) is 2.31. The average molecular weight is 335 g/mol. The predicted octanol–water partition coefficient (Wildman–Crippen LogP) is 1.62. The second-order valence-corrected chi connectivity index (χ2v) is 10.4. The molecule has 0 bridgehead atoms. The molecule has 2 aliphatic rings. The van der Waals surface area contributed by atoms with Gasteiger partial charge in [-0.3, -0.25) is 0 Å². The van der Waals surface area contributed by atoms with Crippen molar-refractivity contribution in [3.05, 3.63) is 0 Å². The van der Waals surface area contributed by atoms with E-state index in [-0.39, 0.29) is 0 Å². The normalized spacial score (nSPS) is 33.4. The molecule has 1 heteroatoms. The van der Waals surface area contributed by atoms with Crippen LogP contribution in [0.3, 0.4) is 0 Å². The number of alkyl halides is 2. The Labute approximate surface area is 112 Å². The van der Waals surface area contributed by atoms with Crippen LogP contribution >= 0.6 is 0 Å². The molecule has 0 radical (unpaired) electrons. The summed E-state index contributed by atoms with van der Waals surface area (Å²) in [4.78, 5) is 0. The first kappa shape index (κ1) is 13.2. The van der Waals surface area contributed by atoms with Gasteiger partial charge < -0.3 is 0 Å². The molecule has 2 fully saturated rings. The molecule has 0 heterocycles. The standard InChI is InChI=1S/C15H28I/c1-12(2)13-8-10-15(11-9-13)16-14-6-4-3-5-7-14/h12-15H,3-11H2,1-2H3/q-1. The summed E-state index contributed by atoms with van der Waals surface area (Å²) in [6.45, 7) is 4.84. The molecule has 2 saturated carbocycles. The van der Waals surface area contributed by atoms with Gasteiger partial charge in [-0.15, -0.1) is 0 Å². The minimum absolute atomic E-state index is 0.543. The van der Waals surface area contributed by atoms with Crippen molar-refractivity contribution in [1.82, 2.24) is 0 Å². The molecule has 0 N–H and O–H groups in total. The van der Waals surface area contributed by atoms with E-state index in [0.29, 0.717) is 21.2 Å².